The summed E-state index contributed by atoms with van der Waals surface area (Å²) in [4.78, 5) is 17.9. The summed E-state index contributed by atoms with van der Waals surface area (Å²) < 4.78 is 6.32. The van der Waals surface area contributed by atoms with Gasteiger partial charge in [0.2, 0.25) is 0 Å². The van der Waals surface area contributed by atoms with Gasteiger partial charge in [0, 0.05) is 36.9 Å². The summed E-state index contributed by atoms with van der Waals surface area (Å²) in [5, 5.41) is 4.72. The van der Waals surface area contributed by atoms with Crippen LogP contribution < -0.4 is 25.6 Å². The summed E-state index contributed by atoms with van der Waals surface area (Å²) in [5.41, 5.74) is 9.00. The summed E-state index contributed by atoms with van der Waals surface area (Å²) in [5.74, 6) is 2.09. The molecule has 3 heterocycles. The second kappa shape index (κ2) is 8.68. The molecule has 10 heteroatoms. The van der Waals surface area contributed by atoms with Gasteiger partial charge >= 0.3 is 0 Å². The van der Waals surface area contributed by atoms with Crippen LogP contribution in [-0.4, -0.2) is 48.2 Å². The molecule has 32 heavy (non-hydrogen) atoms. The smallest absolute Gasteiger partial charge is 0.189 e. The zero-order chi connectivity index (χ0) is 22.1. The van der Waals surface area contributed by atoms with Crippen LogP contribution in [0.1, 0.15) is 0 Å². The fourth-order valence-electron chi connectivity index (χ4n) is 3.77. The first-order chi connectivity index (χ1) is 15.6. The zero-order valence-corrected chi connectivity index (χ0v) is 19.0. The van der Waals surface area contributed by atoms with Crippen molar-refractivity contribution in [3.8, 4) is 5.75 Å². The number of nitrogens with two attached hydrogens (primary N) is 1. The van der Waals surface area contributed by atoms with Crippen LogP contribution in [0.5, 0.6) is 5.75 Å². The van der Waals surface area contributed by atoms with Gasteiger partial charge in [-0.25, -0.2) is 15.0 Å². The van der Waals surface area contributed by atoms with E-state index in [0.29, 0.717) is 11.5 Å². The molecule has 2 aromatic heterocycles. The van der Waals surface area contributed by atoms with Gasteiger partial charge in [0.15, 0.2) is 16.8 Å². The van der Waals surface area contributed by atoms with Gasteiger partial charge in [-0.05, 0) is 36.4 Å². The Hall–Kier alpha value is -3.30. The SMILES string of the molecule is COc1ccc2nc(Nc3ncnc(N4CCN(c5cccc(Cl)c5)CC4)c3N)sc2c1. The number of nitrogen functional groups attached to an aromatic ring is 1. The molecule has 3 N–H and O–H groups in total. The number of anilines is 5. The van der Waals surface area contributed by atoms with Crippen LogP contribution in [0.25, 0.3) is 10.2 Å². The monoisotopic (exact) mass is 467 g/mol. The molecule has 1 fully saturated rings. The zero-order valence-electron chi connectivity index (χ0n) is 17.5. The average Bonchev–Trinajstić information content (AvgIpc) is 3.22. The Morgan fingerprint density at radius 1 is 1.06 bits per heavy atom. The molecule has 1 aliphatic heterocycles. The lowest BCUT2D eigenvalue weighted by Crippen LogP contribution is -2.47. The molecule has 0 unspecified atom stereocenters. The number of piperazine rings is 1. The first-order valence-corrected chi connectivity index (χ1v) is 11.4. The number of hydrogen-bond donors (Lipinski definition) is 2. The van der Waals surface area contributed by atoms with Crippen LogP contribution in [0.3, 0.4) is 0 Å². The molecule has 0 atom stereocenters. The quantitative estimate of drug-likeness (QED) is 0.446. The molecule has 2 aromatic carbocycles. The van der Waals surface area contributed by atoms with E-state index >= 15 is 0 Å². The molecule has 0 amide bonds. The maximum Gasteiger partial charge on any atom is 0.189 e. The molecule has 4 aromatic rings. The molecule has 0 spiro atoms. The number of aromatic nitrogens is 3. The van der Waals surface area contributed by atoms with E-state index in [1.807, 2.05) is 36.4 Å². The molecule has 0 aliphatic carbocycles. The van der Waals surface area contributed by atoms with Crippen LogP contribution in [0, 0.1) is 0 Å². The second-order valence-electron chi connectivity index (χ2n) is 7.39. The molecular weight excluding hydrogens is 446 g/mol. The van der Waals surface area contributed by atoms with E-state index in [1.165, 1.54) is 17.7 Å². The van der Waals surface area contributed by atoms with E-state index in [1.54, 1.807) is 7.11 Å². The predicted octanol–water partition coefficient (Wildman–Crippen LogP) is 4.40. The third kappa shape index (κ3) is 4.09. The lowest BCUT2D eigenvalue weighted by Gasteiger charge is -2.37. The maximum atomic E-state index is 6.46. The normalized spacial score (nSPS) is 14.1. The van der Waals surface area contributed by atoms with E-state index in [4.69, 9.17) is 22.1 Å². The number of nitrogens with one attached hydrogen (secondary N) is 1. The summed E-state index contributed by atoms with van der Waals surface area (Å²) in [6, 6.07) is 13.7. The predicted molar refractivity (Wildman–Crippen MR) is 132 cm³/mol. The summed E-state index contributed by atoms with van der Waals surface area (Å²) in [7, 11) is 1.65. The van der Waals surface area contributed by atoms with Gasteiger partial charge in [0.25, 0.3) is 0 Å². The van der Waals surface area contributed by atoms with E-state index < -0.39 is 0 Å². The second-order valence-corrected chi connectivity index (χ2v) is 8.86. The van der Waals surface area contributed by atoms with Gasteiger partial charge < -0.3 is 25.6 Å². The van der Waals surface area contributed by atoms with Crippen LogP contribution in [-0.2, 0) is 0 Å². The molecular formula is C22H22ClN7OS. The molecule has 0 radical (unpaired) electrons. The van der Waals surface area contributed by atoms with Crippen molar-refractivity contribution in [1.29, 1.82) is 0 Å². The average molecular weight is 468 g/mol. The van der Waals surface area contributed by atoms with Gasteiger partial charge in [-0.15, -0.1) is 0 Å². The van der Waals surface area contributed by atoms with Crippen molar-refractivity contribution in [2.75, 3.05) is 54.1 Å². The Labute approximate surface area is 194 Å². The number of methoxy groups -OCH3 is 1. The molecule has 1 saturated heterocycles. The van der Waals surface area contributed by atoms with Gasteiger partial charge in [-0.2, -0.15) is 0 Å². The van der Waals surface area contributed by atoms with E-state index in [0.717, 1.165) is 63.8 Å². The third-order valence-electron chi connectivity index (χ3n) is 5.44. The largest absolute Gasteiger partial charge is 0.497 e. The summed E-state index contributed by atoms with van der Waals surface area (Å²) in [6.07, 6.45) is 1.54. The molecule has 8 nitrogen and oxygen atoms in total. The molecule has 164 valence electrons. The van der Waals surface area contributed by atoms with Gasteiger partial charge in [-0.3, -0.25) is 0 Å². The Morgan fingerprint density at radius 2 is 1.88 bits per heavy atom. The Balaban J connectivity index is 1.32. The Kier molecular flexibility index (Phi) is 5.59. The van der Waals surface area contributed by atoms with E-state index in [2.05, 4.69) is 36.1 Å². The Bertz CT molecular complexity index is 1260. The van der Waals surface area contributed by atoms with Crippen LogP contribution in [0.4, 0.5) is 28.1 Å². The highest BCUT2D eigenvalue weighted by atomic mass is 35.5. The summed E-state index contributed by atoms with van der Waals surface area (Å²) in [6.45, 7) is 3.31. The first kappa shape index (κ1) is 20.6. The van der Waals surface area contributed by atoms with E-state index in [9.17, 15) is 0 Å². The molecule has 1 aliphatic rings. The van der Waals surface area contributed by atoms with Crippen molar-refractivity contribution in [3.63, 3.8) is 0 Å². The lowest BCUT2D eigenvalue weighted by atomic mass is 10.2. The first-order valence-electron chi connectivity index (χ1n) is 10.2. The van der Waals surface area contributed by atoms with Crippen LogP contribution >= 0.6 is 22.9 Å². The standard InChI is InChI=1S/C22H22ClN7OS/c1-31-16-5-6-17-18(12-16)32-22(27-17)28-20-19(24)21(26-13-25-20)30-9-7-29(8-10-30)15-4-2-3-14(23)11-15/h2-6,11-13H,7-10,24H2,1H3,(H,25,26,27,28). The van der Waals surface area contributed by atoms with Crippen molar-refractivity contribution in [2.24, 2.45) is 0 Å². The number of nitrogens with zero attached hydrogens (tertiary/aromatic N) is 5. The molecule has 0 saturated carbocycles. The fraction of sp³-hybridized carbons (Fsp3) is 0.227. The van der Waals surface area contributed by atoms with Crippen LogP contribution in [0.2, 0.25) is 5.02 Å². The minimum atomic E-state index is 0.514. The number of thiazole rings is 1. The minimum absolute atomic E-state index is 0.514. The Morgan fingerprint density at radius 3 is 2.66 bits per heavy atom. The van der Waals surface area contributed by atoms with Crippen molar-refractivity contribution in [2.45, 2.75) is 0 Å². The fourth-order valence-corrected chi connectivity index (χ4v) is 4.85. The summed E-state index contributed by atoms with van der Waals surface area (Å²) >= 11 is 7.67. The lowest BCUT2D eigenvalue weighted by molar-refractivity contribution is 0.415. The highest BCUT2D eigenvalue weighted by molar-refractivity contribution is 7.22. The molecule has 0 bridgehead atoms. The van der Waals surface area contributed by atoms with Crippen molar-refractivity contribution in [3.05, 3.63) is 53.8 Å². The van der Waals surface area contributed by atoms with Crippen molar-refractivity contribution >= 4 is 61.3 Å². The maximum absolute atomic E-state index is 6.46. The number of hydrogen-bond acceptors (Lipinski definition) is 9. The topological polar surface area (TPSA) is 92.4 Å². The minimum Gasteiger partial charge on any atom is -0.497 e. The van der Waals surface area contributed by atoms with Crippen molar-refractivity contribution in [1.82, 2.24) is 15.0 Å². The van der Waals surface area contributed by atoms with E-state index in [-0.39, 0.29) is 0 Å². The number of rotatable bonds is 5. The third-order valence-corrected chi connectivity index (χ3v) is 6.61. The van der Waals surface area contributed by atoms with Crippen molar-refractivity contribution < 1.29 is 4.74 Å². The van der Waals surface area contributed by atoms with Crippen LogP contribution in [0.15, 0.2) is 48.8 Å². The molecule has 5 rings (SSSR count). The highest BCUT2D eigenvalue weighted by Gasteiger charge is 2.22. The number of benzene rings is 2. The van der Waals surface area contributed by atoms with Gasteiger partial charge in [0.1, 0.15) is 17.8 Å². The number of ether oxygens (including phenoxy) is 1. The number of fused-ring (bicyclic) bond motifs is 1. The number of halogens is 1. The van der Waals surface area contributed by atoms with Gasteiger partial charge in [0.05, 0.1) is 17.3 Å². The van der Waals surface area contributed by atoms with Gasteiger partial charge in [-0.1, -0.05) is 29.0 Å². The highest BCUT2D eigenvalue weighted by Crippen LogP contribution is 2.34.